The predicted molar refractivity (Wildman–Crippen MR) is 79.3 cm³/mol. The molecule has 2 rings (SSSR count). The molecule has 0 saturated heterocycles. The number of amides is 1. The number of carbonyl (C=O) groups is 1. The Labute approximate surface area is 116 Å². The number of thiazole rings is 1. The van der Waals surface area contributed by atoms with Crippen LogP contribution in [0.1, 0.15) is 12.5 Å². The summed E-state index contributed by atoms with van der Waals surface area (Å²) < 4.78 is 0. The van der Waals surface area contributed by atoms with Gasteiger partial charge in [0.05, 0.1) is 0 Å². The van der Waals surface area contributed by atoms with Crippen LogP contribution >= 0.6 is 11.3 Å². The molecule has 4 nitrogen and oxygen atoms in total. The first-order valence-electron chi connectivity index (χ1n) is 5.84. The predicted octanol–water partition coefficient (Wildman–Crippen LogP) is 3.27. The number of anilines is 2. The van der Waals surface area contributed by atoms with Crippen molar-refractivity contribution in [3.8, 4) is 0 Å². The van der Waals surface area contributed by atoms with Gasteiger partial charge in [0.25, 0.3) is 5.91 Å². The SMILES string of the molecule is C=C(C)C(=O)Nc1ccc(CNc2nccs2)cc1. The highest BCUT2D eigenvalue weighted by Crippen LogP contribution is 2.14. The molecule has 19 heavy (non-hydrogen) atoms. The van der Waals surface area contributed by atoms with Crippen LogP contribution in [0.4, 0.5) is 10.8 Å². The zero-order chi connectivity index (χ0) is 13.7. The van der Waals surface area contributed by atoms with Crippen LogP contribution in [0.15, 0.2) is 48.0 Å². The van der Waals surface area contributed by atoms with Crippen molar-refractivity contribution >= 4 is 28.1 Å². The van der Waals surface area contributed by atoms with Crippen LogP contribution in [0.5, 0.6) is 0 Å². The number of nitrogens with zero attached hydrogens (tertiary/aromatic N) is 1. The van der Waals surface area contributed by atoms with Gasteiger partial charge < -0.3 is 10.6 Å². The molecule has 0 aliphatic carbocycles. The Morgan fingerprint density at radius 2 is 2.11 bits per heavy atom. The van der Waals surface area contributed by atoms with Gasteiger partial charge in [0.2, 0.25) is 0 Å². The number of nitrogens with one attached hydrogen (secondary N) is 2. The first-order chi connectivity index (χ1) is 9.15. The molecule has 0 radical (unpaired) electrons. The van der Waals surface area contributed by atoms with Crippen LogP contribution in [0.3, 0.4) is 0 Å². The minimum Gasteiger partial charge on any atom is -0.357 e. The van der Waals surface area contributed by atoms with Crippen LogP contribution in [0.2, 0.25) is 0 Å². The topological polar surface area (TPSA) is 54.0 Å². The molecule has 0 aliphatic rings. The van der Waals surface area contributed by atoms with E-state index < -0.39 is 0 Å². The average molecular weight is 273 g/mol. The van der Waals surface area contributed by atoms with Crippen molar-refractivity contribution in [3.05, 3.63) is 53.6 Å². The lowest BCUT2D eigenvalue weighted by atomic mass is 10.2. The van der Waals surface area contributed by atoms with E-state index in [1.54, 1.807) is 24.5 Å². The van der Waals surface area contributed by atoms with Gasteiger partial charge in [-0.05, 0) is 24.6 Å². The van der Waals surface area contributed by atoms with Gasteiger partial charge in [0.15, 0.2) is 5.13 Å². The fourth-order valence-corrected chi connectivity index (χ4v) is 1.96. The van der Waals surface area contributed by atoms with Gasteiger partial charge in [-0.25, -0.2) is 4.98 Å². The van der Waals surface area contributed by atoms with Crippen molar-refractivity contribution in [2.75, 3.05) is 10.6 Å². The number of carbonyl (C=O) groups excluding carboxylic acids is 1. The summed E-state index contributed by atoms with van der Waals surface area (Å²) in [7, 11) is 0. The van der Waals surface area contributed by atoms with E-state index in [0.717, 1.165) is 16.4 Å². The maximum absolute atomic E-state index is 11.4. The fraction of sp³-hybridized carbons (Fsp3) is 0.143. The normalized spacial score (nSPS) is 9.95. The molecular weight excluding hydrogens is 258 g/mol. The number of aromatic nitrogens is 1. The van der Waals surface area contributed by atoms with E-state index >= 15 is 0 Å². The molecule has 0 saturated carbocycles. The van der Waals surface area contributed by atoms with Crippen molar-refractivity contribution in [2.45, 2.75) is 13.5 Å². The van der Waals surface area contributed by atoms with Crippen molar-refractivity contribution in [1.82, 2.24) is 4.98 Å². The van der Waals surface area contributed by atoms with Gasteiger partial charge >= 0.3 is 0 Å². The second kappa shape index (κ2) is 6.15. The Bertz CT molecular complexity index is 561. The van der Waals surface area contributed by atoms with E-state index in [4.69, 9.17) is 0 Å². The van der Waals surface area contributed by atoms with Crippen LogP contribution < -0.4 is 10.6 Å². The van der Waals surface area contributed by atoms with E-state index in [1.807, 2.05) is 29.6 Å². The molecule has 2 aromatic rings. The summed E-state index contributed by atoms with van der Waals surface area (Å²) >= 11 is 1.57. The molecule has 0 atom stereocenters. The molecule has 2 N–H and O–H groups in total. The van der Waals surface area contributed by atoms with Crippen molar-refractivity contribution < 1.29 is 4.79 Å². The van der Waals surface area contributed by atoms with Gasteiger partial charge in [-0.1, -0.05) is 18.7 Å². The zero-order valence-corrected chi connectivity index (χ0v) is 11.5. The number of rotatable bonds is 5. The maximum atomic E-state index is 11.4. The van der Waals surface area contributed by atoms with E-state index in [9.17, 15) is 4.79 Å². The van der Waals surface area contributed by atoms with Gasteiger partial charge in [0, 0.05) is 29.4 Å². The second-order valence-corrected chi connectivity index (χ2v) is 5.02. The van der Waals surface area contributed by atoms with Gasteiger partial charge in [-0.2, -0.15) is 0 Å². The monoisotopic (exact) mass is 273 g/mol. The third kappa shape index (κ3) is 3.93. The summed E-state index contributed by atoms with van der Waals surface area (Å²) in [6.07, 6.45) is 1.77. The third-order valence-corrected chi connectivity index (χ3v) is 3.21. The van der Waals surface area contributed by atoms with Gasteiger partial charge in [-0.3, -0.25) is 4.79 Å². The Balaban J connectivity index is 1.91. The summed E-state index contributed by atoms with van der Waals surface area (Å²) in [5.74, 6) is -0.159. The highest BCUT2D eigenvalue weighted by molar-refractivity contribution is 7.13. The van der Waals surface area contributed by atoms with E-state index in [-0.39, 0.29) is 5.91 Å². The first kappa shape index (κ1) is 13.3. The second-order valence-electron chi connectivity index (χ2n) is 4.12. The maximum Gasteiger partial charge on any atom is 0.250 e. The molecule has 0 fully saturated rings. The molecule has 0 aliphatic heterocycles. The molecule has 1 aromatic heterocycles. The first-order valence-corrected chi connectivity index (χ1v) is 6.72. The van der Waals surface area contributed by atoms with Crippen LogP contribution in [-0.4, -0.2) is 10.9 Å². The van der Waals surface area contributed by atoms with E-state index in [2.05, 4.69) is 22.2 Å². The average Bonchev–Trinajstić information content (AvgIpc) is 2.91. The summed E-state index contributed by atoms with van der Waals surface area (Å²) in [6, 6.07) is 7.68. The van der Waals surface area contributed by atoms with Crippen molar-refractivity contribution in [1.29, 1.82) is 0 Å². The highest BCUT2D eigenvalue weighted by Gasteiger charge is 2.02. The Morgan fingerprint density at radius 1 is 1.37 bits per heavy atom. The molecule has 1 heterocycles. The Morgan fingerprint density at radius 3 is 2.68 bits per heavy atom. The molecule has 0 bridgehead atoms. The summed E-state index contributed by atoms with van der Waals surface area (Å²) in [6.45, 7) is 5.99. The molecule has 0 unspecified atom stereocenters. The molecule has 1 amide bonds. The summed E-state index contributed by atoms with van der Waals surface area (Å²) in [5, 5.41) is 8.83. The molecular formula is C14H15N3OS. The smallest absolute Gasteiger partial charge is 0.250 e. The fourth-order valence-electron chi connectivity index (χ4n) is 1.43. The summed E-state index contributed by atoms with van der Waals surface area (Å²) in [4.78, 5) is 15.6. The van der Waals surface area contributed by atoms with Gasteiger partial charge in [-0.15, -0.1) is 11.3 Å². The Kier molecular flexibility index (Phi) is 4.30. The largest absolute Gasteiger partial charge is 0.357 e. The lowest BCUT2D eigenvalue weighted by Gasteiger charge is -2.06. The van der Waals surface area contributed by atoms with Crippen LogP contribution in [0.25, 0.3) is 0 Å². The highest BCUT2D eigenvalue weighted by atomic mass is 32.1. The minimum absolute atomic E-state index is 0.159. The number of hydrogen-bond donors (Lipinski definition) is 2. The quantitative estimate of drug-likeness (QED) is 0.822. The van der Waals surface area contributed by atoms with E-state index in [0.29, 0.717) is 12.1 Å². The molecule has 98 valence electrons. The third-order valence-electron chi connectivity index (χ3n) is 2.48. The zero-order valence-electron chi connectivity index (χ0n) is 10.6. The van der Waals surface area contributed by atoms with Gasteiger partial charge in [0.1, 0.15) is 0 Å². The lowest BCUT2D eigenvalue weighted by molar-refractivity contribution is -0.112. The Hall–Kier alpha value is -2.14. The standard InChI is InChI=1S/C14H15N3OS/c1-10(2)13(18)17-12-5-3-11(4-6-12)9-16-14-15-7-8-19-14/h3-8H,1,9H2,2H3,(H,15,16)(H,17,18). The number of benzene rings is 1. The summed E-state index contributed by atoms with van der Waals surface area (Å²) in [5.41, 5.74) is 2.39. The van der Waals surface area contributed by atoms with Crippen molar-refractivity contribution in [3.63, 3.8) is 0 Å². The lowest BCUT2D eigenvalue weighted by Crippen LogP contribution is -2.11. The minimum atomic E-state index is -0.159. The van der Waals surface area contributed by atoms with Crippen LogP contribution in [-0.2, 0) is 11.3 Å². The van der Waals surface area contributed by atoms with Crippen LogP contribution in [0, 0.1) is 0 Å². The van der Waals surface area contributed by atoms with E-state index in [1.165, 1.54) is 0 Å². The molecule has 0 spiro atoms. The van der Waals surface area contributed by atoms with Crippen molar-refractivity contribution in [2.24, 2.45) is 0 Å². The number of hydrogen-bond acceptors (Lipinski definition) is 4. The molecule has 1 aromatic carbocycles. The molecule has 5 heteroatoms.